The first-order valence-electron chi connectivity index (χ1n) is 10.6. The van der Waals surface area contributed by atoms with Crippen molar-refractivity contribution in [2.75, 3.05) is 25.1 Å². The van der Waals surface area contributed by atoms with Crippen LogP contribution in [-0.2, 0) is 4.74 Å². The lowest BCUT2D eigenvalue weighted by Crippen LogP contribution is -2.29. The first-order chi connectivity index (χ1) is 14.3. The number of nitrogens with one attached hydrogen (secondary N) is 1. The Hall–Kier alpha value is -2.78. The highest BCUT2D eigenvalue weighted by Gasteiger charge is 2.38. The van der Waals surface area contributed by atoms with Crippen molar-refractivity contribution >= 4 is 16.5 Å². The summed E-state index contributed by atoms with van der Waals surface area (Å²) >= 11 is 0. The number of ether oxygens (including phenoxy) is 2. The Morgan fingerprint density at radius 1 is 0.966 bits per heavy atom. The molecular formula is C26H27NO2. The van der Waals surface area contributed by atoms with Gasteiger partial charge in [-0.25, -0.2) is 0 Å². The third-order valence-electron chi connectivity index (χ3n) is 6.17. The van der Waals surface area contributed by atoms with E-state index in [0.29, 0.717) is 31.1 Å². The van der Waals surface area contributed by atoms with Crippen LogP contribution in [0.4, 0.5) is 5.69 Å². The van der Waals surface area contributed by atoms with Gasteiger partial charge in [0.15, 0.2) is 0 Å². The van der Waals surface area contributed by atoms with Gasteiger partial charge in [-0.1, -0.05) is 48.6 Å². The molecular weight excluding hydrogens is 358 g/mol. The van der Waals surface area contributed by atoms with Gasteiger partial charge in [-0.3, -0.25) is 0 Å². The Kier molecular flexibility index (Phi) is 4.99. The SMILES string of the molecule is CCOCCOc1ccc2c(c1)C1C=CCC1C(c1ccc3ccccc3c1)N2. The zero-order valence-corrected chi connectivity index (χ0v) is 16.8. The van der Waals surface area contributed by atoms with E-state index in [1.807, 2.05) is 6.92 Å². The van der Waals surface area contributed by atoms with Gasteiger partial charge in [0.05, 0.1) is 12.6 Å². The van der Waals surface area contributed by atoms with Gasteiger partial charge in [-0.05, 0) is 65.4 Å². The summed E-state index contributed by atoms with van der Waals surface area (Å²) in [6.07, 6.45) is 5.81. The van der Waals surface area contributed by atoms with Gasteiger partial charge >= 0.3 is 0 Å². The lowest BCUT2D eigenvalue weighted by molar-refractivity contribution is 0.110. The first-order valence-corrected chi connectivity index (χ1v) is 10.6. The fourth-order valence-electron chi connectivity index (χ4n) is 4.76. The molecule has 0 saturated heterocycles. The molecule has 29 heavy (non-hydrogen) atoms. The second-order valence-corrected chi connectivity index (χ2v) is 7.88. The molecule has 3 heteroatoms. The van der Waals surface area contributed by atoms with E-state index in [9.17, 15) is 0 Å². The highest BCUT2D eigenvalue weighted by Crippen LogP contribution is 2.50. The average Bonchev–Trinajstić information content (AvgIpc) is 3.26. The van der Waals surface area contributed by atoms with Crippen molar-refractivity contribution in [3.63, 3.8) is 0 Å². The van der Waals surface area contributed by atoms with E-state index in [1.54, 1.807) is 0 Å². The summed E-state index contributed by atoms with van der Waals surface area (Å²) in [5.41, 5.74) is 3.92. The van der Waals surface area contributed by atoms with Gasteiger partial charge in [0.1, 0.15) is 12.4 Å². The van der Waals surface area contributed by atoms with Gasteiger partial charge in [-0.2, -0.15) is 0 Å². The number of rotatable bonds is 6. The van der Waals surface area contributed by atoms with Crippen LogP contribution in [0.1, 0.15) is 36.4 Å². The van der Waals surface area contributed by atoms with Crippen molar-refractivity contribution in [3.8, 4) is 5.75 Å². The molecule has 1 N–H and O–H groups in total. The summed E-state index contributed by atoms with van der Waals surface area (Å²) in [6, 6.07) is 22.2. The molecule has 0 spiro atoms. The van der Waals surface area contributed by atoms with Crippen LogP contribution in [0.15, 0.2) is 72.8 Å². The van der Waals surface area contributed by atoms with E-state index >= 15 is 0 Å². The Labute approximate surface area is 172 Å². The maximum absolute atomic E-state index is 5.91. The normalized spacial score (nSPS) is 22.2. The van der Waals surface area contributed by atoms with Crippen molar-refractivity contribution in [1.29, 1.82) is 0 Å². The highest BCUT2D eigenvalue weighted by molar-refractivity contribution is 5.83. The number of hydrogen-bond acceptors (Lipinski definition) is 3. The molecule has 3 nitrogen and oxygen atoms in total. The maximum Gasteiger partial charge on any atom is 0.119 e. The molecule has 2 aliphatic rings. The third kappa shape index (κ3) is 3.51. The van der Waals surface area contributed by atoms with Crippen LogP contribution in [-0.4, -0.2) is 19.8 Å². The summed E-state index contributed by atoms with van der Waals surface area (Å²) in [6.45, 7) is 3.94. The number of hydrogen-bond donors (Lipinski definition) is 1. The Bertz CT molecular complexity index is 1040. The lowest BCUT2D eigenvalue weighted by Gasteiger charge is -2.37. The number of fused-ring (bicyclic) bond motifs is 4. The van der Waals surface area contributed by atoms with Gasteiger partial charge < -0.3 is 14.8 Å². The van der Waals surface area contributed by atoms with Gasteiger partial charge in [0.25, 0.3) is 0 Å². The minimum atomic E-state index is 0.317. The highest BCUT2D eigenvalue weighted by atomic mass is 16.5. The fourth-order valence-corrected chi connectivity index (χ4v) is 4.76. The molecule has 3 aromatic rings. The predicted octanol–water partition coefficient (Wildman–Crippen LogP) is 6.08. The molecule has 0 amide bonds. The van der Waals surface area contributed by atoms with Crippen LogP contribution < -0.4 is 10.1 Å². The van der Waals surface area contributed by atoms with Gasteiger partial charge in [-0.15, -0.1) is 0 Å². The molecule has 0 aromatic heterocycles. The molecule has 1 heterocycles. The van der Waals surface area contributed by atoms with E-state index in [-0.39, 0.29) is 0 Å². The molecule has 5 rings (SSSR count). The zero-order chi connectivity index (χ0) is 19.6. The fraction of sp³-hybridized carbons (Fsp3) is 0.308. The van der Waals surface area contributed by atoms with Crippen LogP contribution in [0, 0.1) is 5.92 Å². The van der Waals surface area contributed by atoms with E-state index in [4.69, 9.17) is 9.47 Å². The first kappa shape index (κ1) is 18.3. The van der Waals surface area contributed by atoms with Crippen LogP contribution in [0.25, 0.3) is 10.8 Å². The Morgan fingerprint density at radius 2 is 1.86 bits per heavy atom. The third-order valence-corrected chi connectivity index (χ3v) is 6.17. The molecule has 0 fully saturated rings. The Morgan fingerprint density at radius 3 is 2.76 bits per heavy atom. The number of anilines is 1. The molecule has 0 radical (unpaired) electrons. The quantitative estimate of drug-likeness (QED) is 0.412. The summed E-state index contributed by atoms with van der Waals surface area (Å²) in [5, 5.41) is 6.43. The molecule has 0 saturated carbocycles. The predicted molar refractivity (Wildman–Crippen MR) is 119 cm³/mol. The van der Waals surface area contributed by atoms with E-state index < -0.39 is 0 Å². The largest absolute Gasteiger partial charge is 0.491 e. The summed E-state index contributed by atoms with van der Waals surface area (Å²) in [4.78, 5) is 0. The monoisotopic (exact) mass is 385 g/mol. The van der Waals surface area contributed by atoms with Crippen molar-refractivity contribution in [1.82, 2.24) is 0 Å². The average molecular weight is 386 g/mol. The van der Waals surface area contributed by atoms with Gasteiger partial charge in [0.2, 0.25) is 0 Å². The number of benzene rings is 3. The second-order valence-electron chi connectivity index (χ2n) is 7.88. The molecule has 1 aliphatic heterocycles. The second kappa shape index (κ2) is 7.92. The van der Waals surface area contributed by atoms with Crippen LogP contribution >= 0.6 is 0 Å². The standard InChI is InChI=1S/C26H27NO2/c1-2-28-14-15-29-21-12-13-25-24(17-21)22-8-5-9-23(22)26(27-25)20-11-10-18-6-3-4-7-19(18)16-20/h3-8,10-13,16-17,22-23,26-27H,2,9,14-15H2,1H3. The van der Waals surface area contributed by atoms with Gasteiger partial charge in [0, 0.05) is 18.2 Å². The van der Waals surface area contributed by atoms with Crippen molar-refractivity contribution < 1.29 is 9.47 Å². The zero-order valence-electron chi connectivity index (χ0n) is 16.8. The summed E-state index contributed by atoms with van der Waals surface area (Å²) < 4.78 is 11.3. The molecule has 3 aromatic carbocycles. The molecule has 1 aliphatic carbocycles. The molecule has 0 bridgehead atoms. The van der Waals surface area contributed by atoms with Crippen molar-refractivity contribution in [2.45, 2.75) is 25.3 Å². The van der Waals surface area contributed by atoms with E-state index in [0.717, 1.165) is 18.8 Å². The smallest absolute Gasteiger partial charge is 0.119 e. The van der Waals surface area contributed by atoms with Crippen LogP contribution in [0.5, 0.6) is 5.75 Å². The maximum atomic E-state index is 5.91. The minimum Gasteiger partial charge on any atom is -0.491 e. The summed E-state index contributed by atoms with van der Waals surface area (Å²) in [5.74, 6) is 1.88. The van der Waals surface area contributed by atoms with Crippen LogP contribution in [0.2, 0.25) is 0 Å². The number of allylic oxidation sites excluding steroid dienone is 2. The van der Waals surface area contributed by atoms with E-state index in [2.05, 4.69) is 78.1 Å². The molecule has 3 atom stereocenters. The minimum absolute atomic E-state index is 0.317. The Balaban J connectivity index is 1.43. The van der Waals surface area contributed by atoms with E-state index in [1.165, 1.54) is 27.6 Å². The van der Waals surface area contributed by atoms with Crippen molar-refractivity contribution in [2.24, 2.45) is 5.92 Å². The molecule has 3 unspecified atom stereocenters. The summed E-state index contributed by atoms with van der Waals surface area (Å²) in [7, 11) is 0. The topological polar surface area (TPSA) is 30.5 Å². The van der Waals surface area contributed by atoms with Crippen LogP contribution in [0.3, 0.4) is 0 Å². The molecule has 148 valence electrons. The van der Waals surface area contributed by atoms with Crippen molar-refractivity contribution in [3.05, 3.63) is 83.9 Å². The lowest BCUT2D eigenvalue weighted by atomic mass is 9.77.